The molecule has 2 rings (SSSR count). The fraction of sp³-hybridized carbons (Fsp3) is 0.538. The van der Waals surface area contributed by atoms with Crippen molar-refractivity contribution in [1.29, 1.82) is 0 Å². The van der Waals surface area contributed by atoms with Gasteiger partial charge < -0.3 is 15.2 Å². The van der Waals surface area contributed by atoms with Gasteiger partial charge in [-0.3, -0.25) is 0 Å². The quantitative estimate of drug-likeness (QED) is 0.788. The molecule has 2 N–H and O–H groups in total. The third-order valence-corrected chi connectivity index (χ3v) is 3.04. The van der Waals surface area contributed by atoms with Crippen LogP contribution in [0.5, 0.6) is 0 Å². The first-order valence-electron chi connectivity index (χ1n) is 5.56. The van der Waals surface area contributed by atoms with Crippen LogP contribution in [0.2, 0.25) is 0 Å². The number of hydrogen-bond acceptors (Lipinski definition) is 3. The van der Waals surface area contributed by atoms with Crippen LogP contribution in [0.4, 0.5) is 0 Å². The van der Waals surface area contributed by atoms with Crippen LogP contribution in [0, 0.1) is 6.92 Å². The smallest absolute Gasteiger partial charge is 0.162 e. The van der Waals surface area contributed by atoms with Gasteiger partial charge in [0.2, 0.25) is 0 Å². The van der Waals surface area contributed by atoms with Crippen molar-refractivity contribution in [2.24, 2.45) is 5.73 Å². The van der Waals surface area contributed by atoms with Crippen LogP contribution in [0.1, 0.15) is 25.0 Å². The highest BCUT2D eigenvalue weighted by Crippen LogP contribution is 2.30. The van der Waals surface area contributed by atoms with E-state index in [2.05, 4.69) is 13.0 Å². The summed E-state index contributed by atoms with van der Waals surface area (Å²) in [4.78, 5) is 0. The molecule has 1 aliphatic rings. The third kappa shape index (κ3) is 2.12. The van der Waals surface area contributed by atoms with Crippen molar-refractivity contribution in [3.05, 3.63) is 35.4 Å². The Morgan fingerprint density at radius 2 is 1.69 bits per heavy atom. The van der Waals surface area contributed by atoms with Gasteiger partial charge in [0.25, 0.3) is 0 Å². The molecule has 88 valence electrons. The van der Waals surface area contributed by atoms with Crippen LogP contribution in [-0.2, 0) is 15.0 Å². The maximum Gasteiger partial charge on any atom is 0.162 e. The number of benzene rings is 1. The molecule has 1 aromatic rings. The van der Waals surface area contributed by atoms with E-state index in [0.29, 0.717) is 13.2 Å². The molecule has 1 aliphatic heterocycles. The molecule has 0 aromatic heterocycles. The molecule has 1 fully saturated rings. The number of nitrogens with two attached hydrogens (primary N) is 1. The molecule has 3 nitrogen and oxygen atoms in total. The van der Waals surface area contributed by atoms with Gasteiger partial charge in [0.1, 0.15) is 0 Å². The number of aryl methyl sites for hydroxylation is 1. The largest absolute Gasteiger partial charge is 0.348 e. The van der Waals surface area contributed by atoms with Gasteiger partial charge >= 0.3 is 0 Å². The highest BCUT2D eigenvalue weighted by atomic mass is 16.7. The molecule has 0 spiro atoms. The average molecular weight is 221 g/mol. The molecule has 0 bridgehead atoms. The highest BCUT2D eigenvalue weighted by Gasteiger charge is 2.38. The van der Waals surface area contributed by atoms with Gasteiger partial charge in [-0.05, 0) is 31.9 Å². The minimum Gasteiger partial charge on any atom is -0.348 e. The van der Waals surface area contributed by atoms with Gasteiger partial charge in [-0.2, -0.15) is 0 Å². The van der Waals surface area contributed by atoms with Crippen molar-refractivity contribution < 1.29 is 9.47 Å². The van der Waals surface area contributed by atoms with E-state index in [1.807, 2.05) is 32.0 Å². The zero-order valence-corrected chi connectivity index (χ0v) is 10.1. The van der Waals surface area contributed by atoms with E-state index in [0.717, 1.165) is 5.56 Å². The van der Waals surface area contributed by atoms with Gasteiger partial charge in [-0.15, -0.1) is 0 Å². The minimum absolute atomic E-state index is 0.491. The van der Waals surface area contributed by atoms with E-state index in [4.69, 9.17) is 15.2 Å². The second-order valence-corrected chi connectivity index (χ2v) is 4.95. The summed E-state index contributed by atoms with van der Waals surface area (Å²) in [5.41, 5.74) is 8.11. The lowest BCUT2D eigenvalue weighted by Gasteiger charge is -2.42. The maximum atomic E-state index is 6.35. The van der Waals surface area contributed by atoms with Gasteiger partial charge in [0, 0.05) is 0 Å². The standard InChI is InChI=1S/C13H19NO2/c1-10-6-4-5-7-11(10)13(14)8-15-12(2,3)16-9-13/h4-7H,8-9,14H2,1-3H3. The van der Waals surface area contributed by atoms with Gasteiger partial charge in [0.05, 0.1) is 18.8 Å². The summed E-state index contributed by atoms with van der Waals surface area (Å²) in [7, 11) is 0. The second kappa shape index (κ2) is 3.84. The molecule has 0 saturated carbocycles. The number of ether oxygens (including phenoxy) is 2. The Hall–Kier alpha value is -0.900. The predicted octanol–water partition coefficient (Wildman–Crippen LogP) is 1.93. The summed E-state index contributed by atoms with van der Waals surface area (Å²) in [5, 5.41) is 0. The van der Waals surface area contributed by atoms with Crippen LogP contribution in [0.25, 0.3) is 0 Å². The van der Waals surface area contributed by atoms with Crippen molar-refractivity contribution in [2.75, 3.05) is 13.2 Å². The van der Waals surface area contributed by atoms with Crippen molar-refractivity contribution in [3.63, 3.8) is 0 Å². The zero-order valence-electron chi connectivity index (χ0n) is 10.1. The van der Waals surface area contributed by atoms with Crippen molar-refractivity contribution in [2.45, 2.75) is 32.1 Å². The molecular formula is C13H19NO2. The molecule has 0 unspecified atom stereocenters. The Kier molecular flexibility index (Phi) is 2.78. The zero-order chi connectivity index (χ0) is 11.8. The fourth-order valence-electron chi connectivity index (χ4n) is 1.98. The lowest BCUT2D eigenvalue weighted by Crippen LogP contribution is -2.54. The summed E-state index contributed by atoms with van der Waals surface area (Å²) in [6.45, 7) is 6.86. The Bertz CT molecular complexity index is 377. The molecular weight excluding hydrogens is 202 g/mol. The Morgan fingerprint density at radius 3 is 2.25 bits per heavy atom. The fourth-order valence-corrected chi connectivity index (χ4v) is 1.98. The van der Waals surface area contributed by atoms with Gasteiger partial charge in [0.15, 0.2) is 5.79 Å². The SMILES string of the molecule is Cc1ccccc1C1(N)COC(C)(C)OC1. The molecule has 3 heteroatoms. The van der Waals surface area contributed by atoms with Crippen LogP contribution in [0.3, 0.4) is 0 Å². The maximum absolute atomic E-state index is 6.35. The lowest BCUT2D eigenvalue weighted by atomic mass is 9.88. The first-order chi connectivity index (χ1) is 7.43. The van der Waals surface area contributed by atoms with E-state index < -0.39 is 11.3 Å². The summed E-state index contributed by atoms with van der Waals surface area (Å²) in [5.74, 6) is -0.522. The summed E-state index contributed by atoms with van der Waals surface area (Å²) >= 11 is 0. The highest BCUT2D eigenvalue weighted by molar-refractivity contribution is 5.33. The minimum atomic E-state index is -0.527. The van der Waals surface area contributed by atoms with Gasteiger partial charge in [-0.1, -0.05) is 24.3 Å². The normalized spacial score (nSPS) is 23.0. The van der Waals surface area contributed by atoms with Crippen molar-refractivity contribution in [1.82, 2.24) is 0 Å². The molecule has 1 heterocycles. The summed E-state index contributed by atoms with van der Waals surface area (Å²) in [6, 6.07) is 8.11. The molecule has 0 aliphatic carbocycles. The molecule has 0 atom stereocenters. The second-order valence-electron chi connectivity index (χ2n) is 4.95. The van der Waals surface area contributed by atoms with E-state index >= 15 is 0 Å². The molecule has 0 radical (unpaired) electrons. The molecule has 1 aromatic carbocycles. The van der Waals surface area contributed by atoms with E-state index in [1.165, 1.54) is 5.56 Å². The van der Waals surface area contributed by atoms with Crippen LogP contribution in [0.15, 0.2) is 24.3 Å². The van der Waals surface area contributed by atoms with Crippen molar-refractivity contribution >= 4 is 0 Å². The monoisotopic (exact) mass is 221 g/mol. The van der Waals surface area contributed by atoms with Crippen LogP contribution < -0.4 is 5.73 Å². The number of hydrogen-bond donors (Lipinski definition) is 1. The van der Waals surface area contributed by atoms with Crippen LogP contribution in [-0.4, -0.2) is 19.0 Å². The predicted molar refractivity (Wildman–Crippen MR) is 63.0 cm³/mol. The summed E-state index contributed by atoms with van der Waals surface area (Å²) < 4.78 is 11.3. The Labute approximate surface area is 96.5 Å². The van der Waals surface area contributed by atoms with E-state index in [-0.39, 0.29) is 0 Å². The van der Waals surface area contributed by atoms with Crippen molar-refractivity contribution in [3.8, 4) is 0 Å². The third-order valence-electron chi connectivity index (χ3n) is 3.04. The number of rotatable bonds is 1. The molecule has 16 heavy (non-hydrogen) atoms. The topological polar surface area (TPSA) is 44.5 Å². The summed E-state index contributed by atoms with van der Waals surface area (Å²) in [6.07, 6.45) is 0. The Morgan fingerprint density at radius 1 is 1.12 bits per heavy atom. The van der Waals surface area contributed by atoms with E-state index in [9.17, 15) is 0 Å². The van der Waals surface area contributed by atoms with Crippen LogP contribution >= 0.6 is 0 Å². The average Bonchev–Trinajstić information content (AvgIpc) is 2.24. The first-order valence-corrected chi connectivity index (χ1v) is 5.56. The van der Waals surface area contributed by atoms with E-state index in [1.54, 1.807) is 0 Å². The lowest BCUT2D eigenvalue weighted by molar-refractivity contribution is -0.268. The Balaban J connectivity index is 2.25. The first kappa shape index (κ1) is 11.6. The van der Waals surface area contributed by atoms with Gasteiger partial charge in [-0.25, -0.2) is 0 Å². The molecule has 1 saturated heterocycles. The molecule has 0 amide bonds.